The van der Waals surface area contributed by atoms with Gasteiger partial charge in [-0.05, 0) is 151 Å². The molecule has 0 spiro atoms. The summed E-state index contributed by atoms with van der Waals surface area (Å²) in [7, 11) is 0. The van der Waals surface area contributed by atoms with Crippen LogP contribution in [0.5, 0.6) is 0 Å². The van der Waals surface area contributed by atoms with Gasteiger partial charge in [0.05, 0.1) is 13.2 Å². The third kappa shape index (κ3) is 9.77. The molecule has 4 heteroatoms. The van der Waals surface area contributed by atoms with E-state index < -0.39 is 0 Å². The highest BCUT2D eigenvalue weighted by Gasteiger charge is 2.23. The first-order valence-corrected chi connectivity index (χ1v) is 16.9. The second-order valence-corrected chi connectivity index (χ2v) is 12.4. The molecule has 0 aromatic carbocycles. The van der Waals surface area contributed by atoms with E-state index in [0.717, 1.165) is 101 Å². The first kappa shape index (κ1) is 30.8. The van der Waals surface area contributed by atoms with Crippen LogP contribution in [0.2, 0.25) is 0 Å². The van der Waals surface area contributed by atoms with Crippen LogP contribution in [-0.4, -0.2) is 25.2 Å². The molecule has 0 amide bonds. The Labute approximate surface area is 243 Å². The van der Waals surface area contributed by atoms with E-state index in [2.05, 4.69) is 12.2 Å². The highest BCUT2D eigenvalue weighted by atomic mass is 16.5. The van der Waals surface area contributed by atoms with Crippen molar-refractivity contribution in [3.63, 3.8) is 0 Å². The fraction of sp³-hybridized carbons (Fsp3) is 0.722. The summed E-state index contributed by atoms with van der Waals surface area (Å²) >= 11 is 0. The lowest BCUT2D eigenvalue weighted by Crippen LogP contribution is -2.13. The Morgan fingerprint density at radius 2 is 0.875 bits per heavy atom. The average Bonchev–Trinajstić information content (AvgIpc) is 3.56. The summed E-state index contributed by atoms with van der Waals surface area (Å²) in [5.74, 6) is -0.153. The van der Waals surface area contributed by atoms with Gasteiger partial charge in [-0.1, -0.05) is 37.8 Å². The van der Waals surface area contributed by atoms with Gasteiger partial charge in [0.15, 0.2) is 0 Å². The van der Waals surface area contributed by atoms with Gasteiger partial charge in [0.25, 0.3) is 0 Å². The van der Waals surface area contributed by atoms with Crippen molar-refractivity contribution in [3.05, 3.63) is 45.6 Å². The Hall–Kier alpha value is -2.10. The molecule has 0 saturated carbocycles. The van der Waals surface area contributed by atoms with E-state index in [1.54, 1.807) is 0 Å². The summed E-state index contributed by atoms with van der Waals surface area (Å²) in [5.41, 5.74) is 7.41. The zero-order valence-electron chi connectivity index (χ0n) is 25.2. The van der Waals surface area contributed by atoms with Crippen molar-refractivity contribution in [2.45, 2.75) is 154 Å². The van der Waals surface area contributed by atoms with Crippen LogP contribution < -0.4 is 0 Å². The van der Waals surface area contributed by atoms with Gasteiger partial charge in [-0.2, -0.15) is 0 Å². The van der Waals surface area contributed by atoms with Crippen molar-refractivity contribution in [3.8, 4) is 0 Å². The maximum Gasteiger partial charge on any atom is 0.334 e. The predicted octanol–water partition coefficient (Wildman–Crippen LogP) is 9.94. The van der Waals surface area contributed by atoms with E-state index in [0.29, 0.717) is 13.2 Å². The van der Waals surface area contributed by atoms with Gasteiger partial charge in [-0.3, -0.25) is 0 Å². The number of esters is 2. The molecule has 4 aliphatic carbocycles. The fourth-order valence-electron chi connectivity index (χ4n) is 6.96. The number of unbranched alkanes of at least 4 members (excludes halogenated alkanes) is 3. The molecule has 0 heterocycles. The van der Waals surface area contributed by atoms with E-state index in [4.69, 9.17) is 9.47 Å². The number of rotatable bonds is 11. The second-order valence-electron chi connectivity index (χ2n) is 12.4. The molecule has 0 fully saturated rings. The maximum atomic E-state index is 13.1. The van der Waals surface area contributed by atoms with Gasteiger partial charge in [-0.25, -0.2) is 9.59 Å². The third-order valence-electron chi connectivity index (χ3n) is 9.29. The van der Waals surface area contributed by atoms with Crippen molar-refractivity contribution < 1.29 is 19.1 Å². The molecule has 0 saturated heterocycles. The molecule has 0 aromatic rings. The summed E-state index contributed by atoms with van der Waals surface area (Å²) < 4.78 is 11.6. The van der Waals surface area contributed by atoms with Crippen LogP contribution in [0, 0.1) is 0 Å². The van der Waals surface area contributed by atoms with E-state index in [1.165, 1.54) is 86.5 Å². The van der Waals surface area contributed by atoms with Crippen molar-refractivity contribution in [2.75, 3.05) is 13.2 Å². The van der Waals surface area contributed by atoms with Crippen LogP contribution in [0.4, 0.5) is 0 Å². The Morgan fingerprint density at radius 1 is 0.475 bits per heavy atom. The molecule has 0 unspecified atom stereocenters. The van der Waals surface area contributed by atoms with Crippen LogP contribution in [0.25, 0.3) is 0 Å². The van der Waals surface area contributed by atoms with E-state index in [1.807, 2.05) is 0 Å². The minimum Gasteiger partial charge on any atom is -0.462 e. The van der Waals surface area contributed by atoms with Crippen molar-refractivity contribution in [1.82, 2.24) is 0 Å². The standard InChI is InChI=1S/C36H54O4/c37-35(33-25-15-7-13-23-31(33)29-19-9-1-2-10-20-29)39-27-17-5-6-18-28-40-36(38)34-26-16-8-14-24-32(34)30-21-11-3-4-12-22-30/h19,21H,1-18,20,22-28H2. The monoisotopic (exact) mass is 550 g/mol. The normalized spacial score (nSPS) is 21.4. The largest absolute Gasteiger partial charge is 0.462 e. The molecule has 222 valence electrons. The van der Waals surface area contributed by atoms with Crippen LogP contribution in [0.1, 0.15) is 154 Å². The molecule has 4 rings (SSSR count). The second kappa shape index (κ2) is 17.7. The summed E-state index contributed by atoms with van der Waals surface area (Å²) in [6, 6.07) is 0. The lowest BCUT2D eigenvalue weighted by atomic mass is 9.92. The van der Waals surface area contributed by atoms with Crippen LogP contribution in [-0.2, 0) is 19.1 Å². The Balaban J connectivity index is 1.17. The molecule has 0 radical (unpaired) electrons. The Kier molecular flexibility index (Phi) is 13.6. The van der Waals surface area contributed by atoms with Crippen molar-refractivity contribution in [2.24, 2.45) is 0 Å². The Morgan fingerprint density at radius 3 is 1.35 bits per heavy atom. The summed E-state index contributed by atoms with van der Waals surface area (Å²) in [4.78, 5) is 26.1. The minimum absolute atomic E-state index is 0.0766. The smallest absolute Gasteiger partial charge is 0.334 e. The van der Waals surface area contributed by atoms with Gasteiger partial charge >= 0.3 is 11.9 Å². The van der Waals surface area contributed by atoms with Crippen molar-refractivity contribution in [1.29, 1.82) is 0 Å². The minimum atomic E-state index is -0.0766. The van der Waals surface area contributed by atoms with Gasteiger partial charge in [0.1, 0.15) is 0 Å². The lowest BCUT2D eigenvalue weighted by Gasteiger charge is -2.16. The zero-order chi connectivity index (χ0) is 27.8. The van der Waals surface area contributed by atoms with Crippen LogP contribution in [0.3, 0.4) is 0 Å². The molecular weight excluding hydrogens is 496 g/mol. The lowest BCUT2D eigenvalue weighted by molar-refractivity contribution is -0.140. The van der Waals surface area contributed by atoms with Gasteiger partial charge < -0.3 is 9.47 Å². The van der Waals surface area contributed by atoms with Crippen LogP contribution in [0.15, 0.2) is 45.6 Å². The topological polar surface area (TPSA) is 52.6 Å². The first-order chi connectivity index (χ1) is 19.7. The molecule has 0 aliphatic heterocycles. The van der Waals surface area contributed by atoms with E-state index >= 15 is 0 Å². The molecule has 4 aliphatic rings. The Bertz CT molecular complexity index is 885. The molecular formula is C36H54O4. The number of hydrogen-bond donors (Lipinski definition) is 0. The molecule has 0 atom stereocenters. The first-order valence-electron chi connectivity index (χ1n) is 16.9. The predicted molar refractivity (Wildman–Crippen MR) is 163 cm³/mol. The number of hydrogen-bond acceptors (Lipinski definition) is 4. The van der Waals surface area contributed by atoms with Gasteiger partial charge in [-0.15, -0.1) is 0 Å². The van der Waals surface area contributed by atoms with Gasteiger partial charge in [0, 0.05) is 11.1 Å². The highest BCUT2D eigenvalue weighted by molar-refractivity contribution is 5.91. The SMILES string of the molecule is O=C(OCCCCCCOC(=O)C1=C(C2=CCCCCC2)CCCCC1)C1=C(C2=CCCCCC2)CCCCC1. The number of carbonyl (C=O) groups excluding carboxylic acids is 2. The summed E-state index contributed by atoms with van der Waals surface area (Å²) in [5, 5.41) is 0. The molecule has 0 bridgehead atoms. The van der Waals surface area contributed by atoms with Crippen LogP contribution >= 0.6 is 0 Å². The van der Waals surface area contributed by atoms with Crippen molar-refractivity contribution >= 4 is 11.9 Å². The fourth-order valence-corrected chi connectivity index (χ4v) is 6.96. The highest BCUT2D eigenvalue weighted by Crippen LogP contribution is 2.35. The average molecular weight is 551 g/mol. The molecule has 0 aromatic heterocycles. The number of carbonyl (C=O) groups is 2. The van der Waals surface area contributed by atoms with Gasteiger partial charge in [0.2, 0.25) is 0 Å². The van der Waals surface area contributed by atoms with E-state index in [9.17, 15) is 9.59 Å². The van der Waals surface area contributed by atoms with E-state index in [-0.39, 0.29) is 11.9 Å². The summed E-state index contributed by atoms with van der Waals surface area (Å²) in [6.45, 7) is 0.972. The number of allylic oxidation sites excluding steroid dienone is 6. The summed E-state index contributed by atoms with van der Waals surface area (Å²) in [6.07, 6.45) is 31.4. The molecule has 0 N–H and O–H groups in total. The maximum absolute atomic E-state index is 13.1. The quantitative estimate of drug-likeness (QED) is 0.190. The zero-order valence-corrected chi connectivity index (χ0v) is 25.2. The molecule has 4 nitrogen and oxygen atoms in total. The number of ether oxygens (including phenoxy) is 2. The third-order valence-corrected chi connectivity index (χ3v) is 9.29. The molecule has 40 heavy (non-hydrogen) atoms.